The molecule has 0 aromatic heterocycles. The number of carbonyl (C=O) groups excluding carboxylic acids is 4. The molecule has 112 valence electrons. The number of carbonyl (C=O) groups is 4. The molecule has 21 heavy (non-hydrogen) atoms. The summed E-state index contributed by atoms with van der Waals surface area (Å²) in [5.41, 5.74) is 11.6. The van der Waals surface area contributed by atoms with Gasteiger partial charge in [-0.2, -0.15) is 0 Å². The topological polar surface area (TPSA) is 165 Å². The monoisotopic (exact) mass is 294 g/mol. The van der Waals surface area contributed by atoms with Gasteiger partial charge in [-0.1, -0.05) is 0 Å². The fourth-order valence-corrected chi connectivity index (χ4v) is 1.49. The highest BCUT2D eigenvalue weighted by Crippen LogP contribution is 2.10. The molecule has 0 aliphatic rings. The molecule has 0 radical (unpaired) electrons. The number of primary amides is 2. The maximum absolute atomic E-state index is 11.9. The van der Waals surface area contributed by atoms with Crippen molar-refractivity contribution in [3.63, 3.8) is 0 Å². The van der Waals surface area contributed by atoms with E-state index in [0.717, 1.165) is 0 Å². The molecular formula is C12H14N4O5. The third-order valence-corrected chi connectivity index (χ3v) is 2.53. The Morgan fingerprint density at radius 2 is 1.43 bits per heavy atom. The van der Waals surface area contributed by atoms with E-state index in [9.17, 15) is 19.2 Å². The van der Waals surface area contributed by atoms with Gasteiger partial charge >= 0.3 is 0 Å². The zero-order valence-corrected chi connectivity index (χ0v) is 10.9. The molecule has 1 rings (SSSR count). The van der Waals surface area contributed by atoms with E-state index in [2.05, 4.69) is 5.32 Å². The van der Waals surface area contributed by atoms with E-state index in [0.29, 0.717) is 0 Å². The summed E-state index contributed by atoms with van der Waals surface area (Å²) in [7, 11) is 0. The quantitative estimate of drug-likeness (QED) is 0.318. The molecule has 0 aliphatic carbocycles. The van der Waals surface area contributed by atoms with Crippen molar-refractivity contribution in [3.05, 3.63) is 34.9 Å². The van der Waals surface area contributed by atoms with Gasteiger partial charge in [0.05, 0.1) is 0 Å². The highest BCUT2D eigenvalue weighted by atomic mass is 16.5. The zero-order valence-electron chi connectivity index (χ0n) is 10.9. The molecule has 1 aromatic rings. The molecule has 0 unspecified atom stereocenters. The van der Waals surface area contributed by atoms with E-state index >= 15 is 0 Å². The van der Waals surface area contributed by atoms with Crippen LogP contribution in [0.25, 0.3) is 0 Å². The first-order valence-corrected chi connectivity index (χ1v) is 5.81. The summed E-state index contributed by atoms with van der Waals surface area (Å²) < 4.78 is 0. The SMILES string of the molecule is NC(=O)c1cc(C(N)=O)cc(C(=O)NCCC(=O)NO)c1. The second kappa shape index (κ2) is 7.01. The lowest BCUT2D eigenvalue weighted by atomic mass is 10.0. The fraction of sp³-hybridized carbons (Fsp3) is 0.167. The van der Waals surface area contributed by atoms with Crippen LogP contribution in [0.2, 0.25) is 0 Å². The van der Waals surface area contributed by atoms with Crippen molar-refractivity contribution in [2.45, 2.75) is 6.42 Å². The first-order valence-electron chi connectivity index (χ1n) is 5.81. The van der Waals surface area contributed by atoms with E-state index in [-0.39, 0.29) is 29.7 Å². The van der Waals surface area contributed by atoms with E-state index < -0.39 is 23.6 Å². The molecule has 4 amide bonds. The number of nitrogens with two attached hydrogens (primary N) is 2. The Hall–Kier alpha value is -2.94. The minimum atomic E-state index is -0.813. The molecular weight excluding hydrogens is 280 g/mol. The number of hydrogen-bond acceptors (Lipinski definition) is 5. The second-order valence-corrected chi connectivity index (χ2v) is 4.07. The maximum atomic E-state index is 11.9. The Labute approximate surface area is 119 Å². The van der Waals surface area contributed by atoms with Crippen LogP contribution in [0.5, 0.6) is 0 Å². The van der Waals surface area contributed by atoms with Crippen molar-refractivity contribution in [2.75, 3.05) is 6.54 Å². The fourth-order valence-electron chi connectivity index (χ4n) is 1.49. The summed E-state index contributed by atoms with van der Waals surface area (Å²) in [6.07, 6.45) is -0.138. The van der Waals surface area contributed by atoms with Gasteiger partial charge < -0.3 is 16.8 Å². The van der Waals surface area contributed by atoms with Gasteiger partial charge in [-0.15, -0.1) is 0 Å². The van der Waals surface area contributed by atoms with E-state index in [1.54, 1.807) is 0 Å². The summed E-state index contributed by atoms with van der Waals surface area (Å²) in [6, 6.07) is 3.59. The Morgan fingerprint density at radius 1 is 0.952 bits per heavy atom. The van der Waals surface area contributed by atoms with Gasteiger partial charge in [0.15, 0.2) is 0 Å². The predicted molar refractivity (Wildman–Crippen MR) is 70.4 cm³/mol. The van der Waals surface area contributed by atoms with Crippen LogP contribution in [-0.4, -0.2) is 35.4 Å². The molecule has 0 atom stereocenters. The number of nitrogens with one attached hydrogen (secondary N) is 2. The average Bonchev–Trinajstić information content (AvgIpc) is 2.46. The molecule has 9 heteroatoms. The van der Waals surface area contributed by atoms with Crippen molar-refractivity contribution in [2.24, 2.45) is 11.5 Å². The minimum Gasteiger partial charge on any atom is -0.366 e. The summed E-state index contributed by atoms with van der Waals surface area (Å²) in [5, 5.41) is 10.7. The normalized spacial score (nSPS) is 9.76. The van der Waals surface area contributed by atoms with Crippen LogP contribution in [0.4, 0.5) is 0 Å². The molecule has 7 N–H and O–H groups in total. The number of rotatable bonds is 6. The van der Waals surface area contributed by atoms with Crippen LogP contribution in [0.3, 0.4) is 0 Å². The number of hydrogen-bond donors (Lipinski definition) is 5. The third-order valence-electron chi connectivity index (χ3n) is 2.53. The zero-order chi connectivity index (χ0) is 16.0. The van der Waals surface area contributed by atoms with Crippen molar-refractivity contribution < 1.29 is 24.4 Å². The highest BCUT2D eigenvalue weighted by molar-refractivity contribution is 6.03. The molecule has 0 heterocycles. The Balaban J connectivity index is 2.90. The second-order valence-electron chi connectivity index (χ2n) is 4.07. The standard InChI is InChI=1S/C12H14N4O5/c13-10(18)6-3-7(11(14)19)5-8(4-6)12(20)15-2-1-9(17)16-21/h3-5,21H,1-2H2,(H2,13,18)(H2,14,19)(H,15,20)(H,16,17). The summed E-state index contributed by atoms with van der Waals surface area (Å²) in [4.78, 5) is 44.9. The lowest BCUT2D eigenvalue weighted by Gasteiger charge is -2.07. The van der Waals surface area contributed by atoms with Gasteiger partial charge in [0.1, 0.15) is 0 Å². The largest absolute Gasteiger partial charge is 0.366 e. The Kier molecular flexibility index (Phi) is 5.38. The van der Waals surface area contributed by atoms with Crippen molar-refractivity contribution in [1.82, 2.24) is 10.8 Å². The molecule has 0 fully saturated rings. The van der Waals surface area contributed by atoms with Crippen LogP contribution >= 0.6 is 0 Å². The van der Waals surface area contributed by atoms with Crippen molar-refractivity contribution >= 4 is 23.6 Å². The molecule has 0 saturated heterocycles. The molecule has 0 bridgehead atoms. The van der Waals surface area contributed by atoms with Gasteiger partial charge in [0.25, 0.3) is 5.91 Å². The van der Waals surface area contributed by atoms with Crippen LogP contribution < -0.4 is 22.3 Å². The van der Waals surface area contributed by atoms with Crippen LogP contribution in [0, 0.1) is 0 Å². The lowest BCUT2D eigenvalue weighted by Crippen LogP contribution is -2.30. The highest BCUT2D eigenvalue weighted by Gasteiger charge is 2.13. The first-order chi connectivity index (χ1) is 9.85. The summed E-state index contributed by atoms with van der Waals surface area (Å²) in [5.74, 6) is -2.91. The Bertz CT molecular complexity index is 567. The van der Waals surface area contributed by atoms with Gasteiger partial charge in [-0.25, -0.2) is 5.48 Å². The number of benzene rings is 1. The molecule has 0 spiro atoms. The molecule has 9 nitrogen and oxygen atoms in total. The van der Waals surface area contributed by atoms with Crippen molar-refractivity contribution in [3.8, 4) is 0 Å². The lowest BCUT2D eigenvalue weighted by molar-refractivity contribution is -0.129. The molecule has 1 aromatic carbocycles. The van der Waals surface area contributed by atoms with Gasteiger partial charge in [0.2, 0.25) is 17.7 Å². The predicted octanol–water partition coefficient (Wildman–Crippen LogP) is -1.49. The van der Waals surface area contributed by atoms with Crippen molar-refractivity contribution in [1.29, 1.82) is 0 Å². The average molecular weight is 294 g/mol. The number of hydroxylamine groups is 1. The third kappa shape index (κ3) is 4.58. The van der Waals surface area contributed by atoms with E-state index in [4.69, 9.17) is 16.7 Å². The van der Waals surface area contributed by atoms with Gasteiger partial charge in [0, 0.05) is 29.7 Å². The first kappa shape index (κ1) is 16.1. The minimum absolute atomic E-state index is 0.00417. The van der Waals surface area contributed by atoms with E-state index in [1.807, 2.05) is 0 Å². The van der Waals surface area contributed by atoms with E-state index in [1.165, 1.54) is 23.7 Å². The van der Waals surface area contributed by atoms with Gasteiger partial charge in [-0.05, 0) is 18.2 Å². The van der Waals surface area contributed by atoms with Crippen LogP contribution in [-0.2, 0) is 4.79 Å². The summed E-state index contributed by atoms with van der Waals surface area (Å²) >= 11 is 0. The Morgan fingerprint density at radius 3 is 1.86 bits per heavy atom. The molecule has 0 saturated carbocycles. The summed E-state index contributed by atoms with van der Waals surface area (Å²) in [6.45, 7) is -0.0437. The molecule has 0 aliphatic heterocycles. The van der Waals surface area contributed by atoms with Crippen LogP contribution in [0.15, 0.2) is 18.2 Å². The maximum Gasteiger partial charge on any atom is 0.251 e. The number of amides is 4. The van der Waals surface area contributed by atoms with Crippen LogP contribution in [0.1, 0.15) is 37.5 Å². The van der Waals surface area contributed by atoms with Gasteiger partial charge in [-0.3, -0.25) is 24.4 Å². The smallest absolute Gasteiger partial charge is 0.251 e.